The number of rotatable bonds is 4. The molecular weight excluding hydrogens is 283 g/mol. The molecule has 0 spiro atoms. The van der Waals surface area contributed by atoms with Gasteiger partial charge in [-0.2, -0.15) is 4.98 Å². The second-order valence-corrected chi connectivity index (χ2v) is 4.10. The molecule has 7 nitrogen and oxygen atoms in total. The molecule has 0 aliphatic carbocycles. The molecule has 0 amide bonds. The van der Waals surface area contributed by atoms with E-state index in [9.17, 15) is 19.3 Å². The molecule has 0 saturated heterocycles. The number of aryl methyl sites for hydroxylation is 1. The Hall–Kier alpha value is -3.03. The van der Waals surface area contributed by atoms with Crippen LogP contribution in [0.4, 0.5) is 10.1 Å². The van der Waals surface area contributed by atoms with Crippen molar-refractivity contribution in [3.05, 3.63) is 57.5 Å². The Kier molecular flexibility index (Phi) is 3.79. The third-order valence-corrected chi connectivity index (χ3v) is 2.60. The van der Waals surface area contributed by atoms with E-state index in [4.69, 9.17) is 9.84 Å². The number of nitro groups is 1. The van der Waals surface area contributed by atoms with Crippen LogP contribution in [0.1, 0.15) is 16.1 Å². The predicted molar refractivity (Wildman–Crippen MR) is 69.1 cm³/mol. The first kappa shape index (κ1) is 14.4. The minimum absolute atomic E-state index is 0.118. The van der Waals surface area contributed by atoms with Crippen LogP contribution >= 0.6 is 0 Å². The van der Waals surface area contributed by atoms with Gasteiger partial charge in [0.15, 0.2) is 5.69 Å². The smallest absolute Gasteiger partial charge is 0.354 e. The van der Waals surface area contributed by atoms with E-state index in [-0.39, 0.29) is 11.3 Å². The van der Waals surface area contributed by atoms with Crippen LogP contribution in [0.3, 0.4) is 0 Å². The van der Waals surface area contributed by atoms with Gasteiger partial charge in [-0.1, -0.05) is 0 Å². The summed E-state index contributed by atoms with van der Waals surface area (Å²) in [7, 11) is 0. The van der Waals surface area contributed by atoms with Crippen LogP contribution in [0, 0.1) is 22.9 Å². The maximum Gasteiger partial charge on any atom is 0.354 e. The van der Waals surface area contributed by atoms with Gasteiger partial charge in [0.05, 0.1) is 4.92 Å². The monoisotopic (exact) mass is 292 g/mol. The number of aromatic nitrogens is 1. The number of ether oxygens (including phenoxy) is 1. The summed E-state index contributed by atoms with van der Waals surface area (Å²) in [5.41, 5.74) is -0.596. The van der Waals surface area contributed by atoms with E-state index >= 15 is 0 Å². The average molecular weight is 292 g/mol. The summed E-state index contributed by atoms with van der Waals surface area (Å²) >= 11 is 0. The summed E-state index contributed by atoms with van der Waals surface area (Å²) < 4.78 is 18.4. The van der Waals surface area contributed by atoms with Crippen LogP contribution in [-0.4, -0.2) is 21.0 Å². The normalized spacial score (nSPS) is 10.2. The minimum atomic E-state index is -1.34. The van der Waals surface area contributed by atoms with Crippen molar-refractivity contribution in [3.63, 3.8) is 0 Å². The highest BCUT2D eigenvalue weighted by atomic mass is 19.1. The van der Waals surface area contributed by atoms with E-state index in [2.05, 4.69) is 4.98 Å². The molecule has 0 atom stereocenters. The van der Waals surface area contributed by atoms with Crippen molar-refractivity contribution in [1.29, 1.82) is 0 Å². The Labute approximate surface area is 117 Å². The van der Waals surface area contributed by atoms with Crippen LogP contribution < -0.4 is 4.74 Å². The summed E-state index contributed by atoms with van der Waals surface area (Å²) in [6.45, 7) is 1.50. The molecule has 0 saturated carbocycles. The molecule has 0 unspecified atom stereocenters. The lowest BCUT2D eigenvalue weighted by Crippen LogP contribution is -2.04. The quantitative estimate of drug-likeness (QED) is 0.686. The minimum Gasteiger partial charge on any atom is -0.477 e. The van der Waals surface area contributed by atoms with Crippen molar-refractivity contribution < 1.29 is 24.0 Å². The maximum absolute atomic E-state index is 13.2. The number of benzene rings is 1. The third kappa shape index (κ3) is 3.11. The fourth-order valence-corrected chi connectivity index (χ4v) is 1.56. The molecule has 108 valence electrons. The lowest BCUT2D eigenvalue weighted by Gasteiger charge is -2.07. The van der Waals surface area contributed by atoms with Gasteiger partial charge in [0.1, 0.15) is 11.6 Å². The first-order valence-electron chi connectivity index (χ1n) is 5.71. The Morgan fingerprint density at radius 1 is 1.38 bits per heavy atom. The van der Waals surface area contributed by atoms with Gasteiger partial charge in [0.25, 0.3) is 5.88 Å². The molecule has 1 aromatic heterocycles. The highest BCUT2D eigenvalue weighted by Crippen LogP contribution is 2.30. The first-order valence-corrected chi connectivity index (χ1v) is 5.71. The molecule has 1 N–H and O–H groups in total. The molecule has 0 aliphatic heterocycles. The van der Waals surface area contributed by atoms with E-state index in [1.54, 1.807) is 0 Å². The predicted octanol–water partition coefficient (Wildman–Crippen LogP) is 2.93. The molecule has 0 bridgehead atoms. The standard InChI is InChI=1S/C13H9FN2O5/c1-7-6-8(2-3-9(7)14)21-12-11(16(19)20)5-4-10(15-12)13(17)18/h2-6H,1H3,(H,17,18). The summed E-state index contributed by atoms with van der Waals surface area (Å²) in [6.07, 6.45) is 0. The molecule has 1 heterocycles. The largest absolute Gasteiger partial charge is 0.477 e. The van der Waals surface area contributed by atoms with Gasteiger partial charge in [0, 0.05) is 6.07 Å². The molecule has 1 aromatic carbocycles. The number of pyridine rings is 1. The Balaban J connectivity index is 2.45. The fourth-order valence-electron chi connectivity index (χ4n) is 1.56. The zero-order chi connectivity index (χ0) is 15.6. The molecule has 8 heteroatoms. The van der Waals surface area contributed by atoms with Gasteiger partial charge in [-0.3, -0.25) is 10.1 Å². The highest BCUT2D eigenvalue weighted by Gasteiger charge is 2.20. The third-order valence-electron chi connectivity index (χ3n) is 2.60. The molecule has 21 heavy (non-hydrogen) atoms. The Bertz CT molecular complexity index is 732. The molecule has 0 fully saturated rings. The van der Waals surface area contributed by atoms with E-state index in [0.29, 0.717) is 0 Å². The number of carboxylic acid groups (broad SMARTS) is 1. The molecule has 0 aliphatic rings. The van der Waals surface area contributed by atoms with Crippen molar-refractivity contribution in [2.45, 2.75) is 6.92 Å². The number of aromatic carboxylic acids is 1. The van der Waals surface area contributed by atoms with Gasteiger partial charge in [-0.05, 0) is 36.8 Å². The fraction of sp³-hybridized carbons (Fsp3) is 0.0769. The van der Waals surface area contributed by atoms with Crippen LogP contribution in [0.25, 0.3) is 0 Å². The lowest BCUT2D eigenvalue weighted by molar-refractivity contribution is -0.386. The summed E-state index contributed by atoms with van der Waals surface area (Å²) in [6, 6.07) is 5.72. The zero-order valence-corrected chi connectivity index (χ0v) is 10.7. The van der Waals surface area contributed by atoms with Crippen LogP contribution in [0.5, 0.6) is 11.6 Å². The van der Waals surface area contributed by atoms with Crippen LogP contribution in [0.15, 0.2) is 30.3 Å². The number of hydrogen-bond donors (Lipinski definition) is 1. The Morgan fingerprint density at radius 3 is 2.67 bits per heavy atom. The van der Waals surface area contributed by atoms with E-state index < -0.39 is 34.0 Å². The van der Waals surface area contributed by atoms with Gasteiger partial charge in [0.2, 0.25) is 0 Å². The van der Waals surface area contributed by atoms with E-state index in [0.717, 1.165) is 18.2 Å². The number of hydrogen-bond acceptors (Lipinski definition) is 5. The average Bonchev–Trinajstić information content (AvgIpc) is 2.42. The van der Waals surface area contributed by atoms with E-state index in [1.165, 1.54) is 19.1 Å². The van der Waals surface area contributed by atoms with Gasteiger partial charge in [-0.15, -0.1) is 0 Å². The van der Waals surface area contributed by atoms with Crippen LogP contribution in [0.2, 0.25) is 0 Å². The van der Waals surface area contributed by atoms with Crippen molar-refractivity contribution in [2.75, 3.05) is 0 Å². The summed E-state index contributed by atoms with van der Waals surface area (Å²) in [4.78, 5) is 24.6. The van der Waals surface area contributed by atoms with Gasteiger partial charge in [-0.25, -0.2) is 9.18 Å². The summed E-state index contributed by atoms with van der Waals surface area (Å²) in [5, 5.41) is 19.7. The van der Waals surface area contributed by atoms with Crippen molar-refractivity contribution in [3.8, 4) is 11.6 Å². The Morgan fingerprint density at radius 2 is 2.10 bits per heavy atom. The lowest BCUT2D eigenvalue weighted by atomic mass is 10.2. The van der Waals surface area contributed by atoms with Crippen molar-refractivity contribution >= 4 is 11.7 Å². The van der Waals surface area contributed by atoms with Gasteiger partial charge < -0.3 is 9.84 Å². The molecule has 0 radical (unpaired) electrons. The highest BCUT2D eigenvalue weighted by molar-refractivity contribution is 5.85. The number of carbonyl (C=O) groups is 1. The topological polar surface area (TPSA) is 103 Å². The second kappa shape index (κ2) is 5.53. The first-order chi connectivity index (χ1) is 9.88. The van der Waals surface area contributed by atoms with Crippen molar-refractivity contribution in [1.82, 2.24) is 4.98 Å². The SMILES string of the molecule is Cc1cc(Oc2nc(C(=O)O)ccc2[N+](=O)[O-])ccc1F. The summed E-state index contributed by atoms with van der Waals surface area (Å²) in [5.74, 6) is -2.15. The second-order valence-electron chi connectivity index (χ2n) is 4.10. The van der Waals surface area contributed by atoms with Crippen LogP contribution in [-0.2, 0) is 0 Å². The number of nitrogens with zero attached hydrogens (tertiary/aromatic N) is 2. The van der Waals surface area contributed by atoms with E-state index in [1.807, 2.05) is 0 Å². The molecular formula is C13H9FN2O5. The molecule has 2 rings (SSSR count). The maximum atomic E-state index is 13.2. The zero-order valence-electron chi connectivity index (χ0n) is 10.7. The molecule has 2 aromatic rings. The van der Waals surface area contributed by atoms with Crippen molar-refractivity contribution in [2.24, 2.45) is 0 Å². The number of carboxylic acids is 1. The van der Waals surface area contributed by atoms with Gasteiger partial charge >= 0.3 is 11.7 Å². The number of halogens is 1.